The molecule has 0 saturated heterocycles. The SMILES string of the molecule is CC(C)CCN(CC(=O)Nc1nccs1)C(=O)C1CC1. The molecule has 0 radical (unpaired) electrons. The van der Waals surface area contributed by atoms with E-state index in [1.807, 2.05) is 5.38 Å². The minimum atomic E-state index is -0.169. The van der Waals surface area contributed by atoms with Crippen molar-refractivity contribution in [2.75, 3.05) is 18.4 Å². The molecule has 1 saturated carbocycles. The average molecular weight is 295 g/mol. The van der Waals surface area contributed by atoms with Crippen LogP contribution in [0.25, 0.3) is 0 Å². The topological polar surface area (TPSA) is 62.3 Å². The van der Waals surface area contributed by atoms with Crippen molar-refractivity contribution in [3.63, 3.8) is 0 Å². The molecule has 110 valence electrons. The fraction of sp³-hybridized carbons (Fsp3) is 0.643. The Labute approximate surface area is 123 Å². The summed E-state index contributed by atoms with van der Waals surface area (Å²) in [6.45, 7) is 5.02. The van der Waals surface area contributed by atoms with Crippen LogP contribution in [-0.2, 0) is 9.59 Å². The van der Waals surface area contributed by atoms with E-state index in [1.54, 1.807) is 11.1 Å². The number of nitrogens with zero attached hydrogens (tertiary/aromatic N) is 2. The zero-order valence-electron chi connectivity index (χ0n) is 12.0. The van der Waals surface area contributed by atoms with Crippen LogP contribution in [0.4, 0.5) is 5.13 Å². The van der Waals surface area contributed by atoms with Gasteiger partial charge in [-0.1, -0.05) is 13.8 Å². The number of aromatic nitrogens is 1. The van der Waals surface area contributed by atoms with Gasteiger partial charge in [-0.25, -0.2) is 4.98 Å². The second kappa shape index (κ2) is 6.83. The fourth-order valence-electron chi connectivity index (χ4n) is 1.89. The summed E-state index contributed by atoms with van der Waals surface area (Å²) in [5, 5.41) is 5.12. The van der Waals surface area contributed by atoms with E-state index in [1.165, 1.54) is 11.3 Å². The van der Waals surface area contributed by atoms with E-state index in [0.717, 1.165) is 19.3 Å². The molecule has 1 aliphatic rings. The molecule has 0 aliphatic heterocycles. The predicted octanol–water partition coefficient (Wildman–Crippen LogP) is 2.37. The van der Waals surface area contributed by atoms with Crippen LogP contribution in [0.3, 0.4) is 0 Å². The van der Waals surface area contributed by atoms with Crippen LogP contribution in [-0.4, -0.2) is 34.8 Å². The van der Waals surface area contributed by atoms with Gasteiger partial charge in [-0.15, -0.1) is 11.3 Å². The molecule has 6 heteroatoms. The second-order valence-electron chi connectivity index (χ2n) is 5.60. The first-order valence-electron chi connectivity index (χ1n) is 7.04. The van der Waals surface area contributed by atoms with Crippen molar-refractivity contribution in [1.29, 1.82) is 0 Å². The van der Waals surface area contributed by atoms with Gasteiger partial charge in [-0.2, -0.15) is 0 Å². The van der Waals surface area contributed by atoms with Crippen LogP contribution in [0.1, 0.15) is 33.1 Å². The normalized spacial score (nSPS) is 14.3. The zero-order valence-corrected chi connectivity index (χ0v) is 12.8. The quantitative estimate of drug-likeness (QED) is 0.840. The third-order valence-corrected chi connectivity index (χ3v) is 3.92. The maximum Gasteiger partial charge on any atom is 0.245 e. The Bertz CT molecular complexity index is 455. The van der Waals surface area contributed by atoms with Gasteiger partial charge in [0.2, 0.25) is 11.8 Å². The lowest BCUT2D eigenvalue weighted by atomic mass is 10.1. The maximum absolute atomic E-state index is 12.2. The number of carbonyl (C=O) groups is 2. The van der Waals surface area contributed by atoms with E-state index >= 15 is 0 Å². The standard InChI is InChI=1S/C14H21N3O2S/c1-10(2)5-7-17(13(19)11-3-4-11)9-12(18)16-14-15-6-8-20-14/h6,8,10-11H,3-5,7,9H2,1-2H3,(H,15,16,18). The average Bonchev–Trinajstić information content (AvgIpc) is 3.13. The summed E-state index contributed by atoms with van der Waals surface area (Å²) in [4.78, 5) is 29.9. The van der Waals surface area contributed by atoms with Crippen LogP contribution in [0.15, 0.2) is 11.6 Å². The molecule has 0 unspecified atom stereocenters. The molecule has 20 heavy (non-hydrogen) atoms. The largest absolute Gasteiger partial charge is 0.333 e. The highest BCUT2D eigenvalue weighted by Crippen LogP contribution is 2.31. The zero-order chi connectivity index (χ0) is 14.5. The van der Waals surface area contributed by atoms with Crippen LogP contribution >= 0.6 is 11.3 Å². The number of nitrogens with one attached hydrogen (secondary N) is 1. The molecule has 1 aromatic heterocycles. The smallest absolute Gasteiger partial charge is 0.245 e. The first-order valence-corrected chi connectivity index (χ1v) is 7.92. The van der Waals surface area contributed by atoms with Gasteiger partial charge < -0.3 is 10.2 Å². The lowest BCUT2D eigenvalue weighted by Gasteiger charge is -2.22. The number of rotatable bonds is 7. The van der Waals surface area contributed by atoms with E-state index in [2.05, 4.69) is 24.1 Å². The van der Waals surface area contributed by atoms with Crippen LogP contribution in [0, 0.1) is 11.8 Å². The van der Waals surface area contributed by atoms with E-state index in [4.69, 9.17) is 0 Å². The lowest BCUT2D eigenvalue weighted by molar-refractivity contribution is -0.136. The third-order valence-electron chi connectivity index (χ3n) is 3.23. The number of hydrogen-bond donors (Lipinski definition) is 1. The molecule has 1 fully saturated rings. The van der Waals surface area contributed by atoms with Crippen molar-refractivity contribution in [3.8, 4) is 0 Å². The summed E-state index contributed by atoms with van der Waals surface area (Å²) < 4.78 is 0. The molecule has 5 nitrogen and oxygen atoms in total. The molecule has 1 aliphatic carbocycles. The minimum Gasteiger partial charge on any atom is -0.333 e. The Kier molecular flexibility index (Phi) is 5.11. The minimum absolute atomic E-state index is 0.125. The summed E-state index contributed by atoms with van der Waals surface area (Å²) in [6, 6.07) is 0. The molecule has 1 N–H and O–H groups in total. The van der Waals surface area contributed by atoms with Gasteiger partial charge in [0.15, 0.2) is 5.13 Å². The Balaban J connectivity index is 1.88. The van der Waals surface area contributed by atoms with Gasteiger partial charge >= 0.3 is 0 Å². The number of anilines is 1. The fourth-order valence-corrected chi connectivity index (χ4v) is 2.43. The molecule has 1 aromatic rings. The van der Waals surface area contributed by atoms with Gasteiger partial charge in [0.1, 0.15) is 0 Å². The van der Waals surface area contributed by atoms with Gasteiger partial charge in [-0.3, -0.25) is 9.59 Å². The molecular weight excluding hydrogens is 274 g/mol. The van der Waals surface area contributed by atoms with Crippen LogP contribution in [0.5, 0.6) is 0 Å². The van der Waals surface area contributed by atoms with Crippen molar-refractivity contribution < 1.29 is 9.59 Å². The number of thiazole rings is 1. The highest BCUT2D eigenvalue weighted by Gasteiger charge is 2.34. The summed E-state index contributed by atoms with van der Waals surface area (Å²) in [6.07, 6.45) is 4.49. The van der Waals surface area contributed by atoms with Crippen molar-refractivity contribution in [1.82, 2.24) is 9.88 Å². The van der Waals surface area contributed by atoms with Crippen LogP contribution in [0.2, 0.25) is 0 Å². The summed E-state index contributed by atoms with van der Waals surface area (Å²) in [5.41, 5.74) is 0. The van der Waals surface area contributed by atoms with Crippen LogP contribution < -0.4 is 5.32 Å². The number of hydrogen-bond acceptors (Lipinski definition) is 4. The Morgan fingerprint density at radius 1 is 1.50 bits per heavy atom. The molecule has 1 heterocycles. The molecule has 0 spiro atoms. The summed E-state index contributed by atoms with van der Waals surface area (Å²) in [7, 11) is 0. The molecule has 0 aromatic carbocycles. The molecule has 2 rings (SSSR count). The van der Waals surface area contributed by atoms with E-state index in [-0.39, 0.29) is 24.3 Å². The first kappa shape index (κ1) is 15.0. The van der Waals surface area contributed by atoms with Gasteiger partial charge in [-0.05, 0) is 25.2 Å². The molecule has 0 atom stereocenters. The highest BCUT2D eigenvalue weighted by atomic mass is 32.1. The molecular formula is C14H21N3O2S. The molecule has 0 bridgehead atoms. The monoisotopic (exact) mass is 295 g/mol. The number of amides is 2. The van der Waals surface area contributed by atoms with Gasteiger partial charge in [0.05, 0.1) is 6.54 Å². The van der Waals surface area contributed by atoms with E-state index in [9.17, 15) is 9.59 Å². The third kappa shape index (κ3) is 4.59. The first-order chi connectivity index (χ1) is 9.56. The Hall–Kier alpha value is -1.43. The molecule has 2 amide bonds. The Morgan fingerprint density at radius 2 is 2.25 bits per heavy atom. The van der Waals surface area contributed by atoms with Gasteiger partial charge in [0.25, 0.3) is 0 Å². The second-order valence-corrected chi connectivity index (χ2v) is 6.50. The van der Waals surface area contributed by atoms with E-state index in [0.29, 0.717) is 17.6 Å². The summed E-state index contributed by atoms with van der Waals surface area (Å²) >= 11 is 1.38. The van der Waals surface area contributed by atoms with Crippen molar-refractivity contribution >= 4 is 28.3 Å². The highest BCUT2D eigenvalue weighted by molar-refractivity contribution is 7.13. The predicted molar refractivity (Wildman–Crippen MR) is 79.5 cm³/mol. The Morgan fingerprint density at radius 3 is 2.80 bits per heavy atom. The number of carbonyl (C=O) groups excluding carboxylic acids is 2. The van der Waals surface area contributed by atoms with Crippen molar-refractivity contribution in [2.24, 2.45) is 11.8 Å². The van der Waals surface area contributed by atoms with E-state index < -0.39 is 0 Å². The lowest BCUT2D eigenvalue weighted by Crippen LogP contribution is -2.39. The van der Waals surface area contributed by atoms with Crippen molar-refractivity contribution in [3.05, 3.63) is 11.6 Å². The van der Waals surface area contributed by atoms with Gasteiger partial charge in [0, 0.05) is 24.0 Å². The van der Waals surface area contributed by atoms with Crippen molar-refractivity contribution in [2.45, 2.75) is 33.1 Å². The maximum atomic E-state index is 12.2. The summed E-state index contributed by atoms with van der Waals surface area (Å²) in [5.74, 6) is 0.624.